The second kappa shape index (κ2) is 7.27. The Bertz CT molecular complexity index is 1070. The zero-order valence-corrected chi connectivity index (χ0v) is 15.4. The van der Waals surface area contributed by atoms with E-state index in [0.717, 1.165) is 16.5 Å². The zero-order chi connectivity index (χ0) is 19.7. The Labute approximate surface area is 162 Å². The van der Waals surface area contributed by atoms with Gasteiger partial charge in [0.05, 0.1) is 11.6 Å². The van der Waals surface area contributed by atoms with Gasteiger partial charge >= 0.3 is 5.97 Å². The van der Waals surface area contributed by atoms with Crippen LogP contribution < -0.4 is 9.64 Å². The molecule has 1 aliphatic heterocycles. The lowest BCUT2D eigenvalue weighted by molar-refractivity contribution is -0.139. The minimum Gasteiger partial charge on any atom is -0.426 e. The van der Waals surface area contributed by atoms with E-state index < -0.39 is 11.9 Å². The molecule has 1 aliphatic rings. The number of carbonyl (C=O) groups is 3. The van der Waals surface area contributed by atoms with Crippen LogP contribution in [0, 0.1) is 5.92 Å². The van der Waals surface area contributed by atoms with E-state index >= 15 is 0 Å². The van der Waals surface area contributed by atoms with Crippen LogP contribution in [-0.4, -0.2) is 24.2 Å². The van der Waals surface area contributed by atoms with Crippen molar-refractivity contribution < 1.29 is 19.1 Å². The van der Waals surface area contributed by atoms with Crippen LogP contribution >= 0.6 is 0 Å². The molecule has 3 aromatic carbocycles. The lowest BCUT2D eigenvalue weighted by atomic mass is 10.1. The molecule has 0 bridgehead atoms. The van der Waals surface area contributed by atoms with Gasteiger partial charge < -0.3 is 9.64 Å². The Balaban J connectivity index is 1.51. The van der Waals surface area contributed by atoms with Crippen molar-refractivity contribution in [3.05, 3.63) is 72.3 Å². The first-order valence-corrected chi connectivity index (χ1v) is 9.14. The SMILES string of the molecule is CC(=O)c1ccc(OC(=O)[C@@H]2CC(=O)N(c3cccc4ccccc34)C2)cc1. The number of anilines is 1. The van der Waals surface area contributed by atoms with Crippen molar-refractivity contribution in [2.75, 3.05) is 11.4 Å². The van der Waals surface area contributed by atoms with Gasteiger partial charge in [0.1, 0.15) is 5.75 Å². The maximum Gasteiger partial charge on any atom is 0.316 e. The van der Waals surface area contributed by atoms with E-state index in [1.54, 1.807) is 29.2 Å². The highest BCUT2D eigenvalue weighted by Gasteiger charge is 2.37. The van der Waals surface area contributed by atoms with E-state index in [0.29, 0.717) is 11.3 Å². The summed E-state index contributed by atoms with van der Waals surface area (Å²) in [4.78, 5) is 38.1. The summed E-state index contributed by atoms with van der Waals surface area (Å²) in [5.41, 5.74) is 1.36. The van der Waals surface area contributed by atoms with E-state index in [2.05, 4.69) is 0 Å². The van der Waals surface area contributed by atoms with Crippen molar-refractivity contribution in [1.82, 2.24) is 0 Å². The molecule has 5 nitrogen and oxygen atoms in total. The smallest absolute Gasteiger partial charge is 0.316 e. The first-order valence-electron chi connectivity index (χ1n) is 9.14. The minimum atomic E-state index is -0.529. The first-order chi connectivity index (χ1) is 13.5. The quantitative estimate of drug-likeness (QED) is 0.394. The molecule has 4 rings (SSSR count). The Hall–Kier alpha value is -3.47. The van der Waals surface area contributed by atoms with Gasteiger partial charge in [0.15, 0.2) is 5.78 Å². The molecule has 0 N–H and O–H groups in total. The molecule has 0 aromatic heterocycles. The highest BCUT2D eigenvalue weighted by molar-refractivity contribution is 6.06. The molecule has 140 valence electrons. The van der Waals surface area contributed by atoms with Gasteiger partial charge in [-0.15, -0.1) is 0 Å². The molecule has 1 fully saturated rings. The number of amides is 1. The van der Waals surface area contributed by atoms with E-state index in [1.165, 1.54) is 6.92 Å². The second-order valence-electron chi connectivity index (χ2n) is 6.91. The third-order valence-electron chi connectivity index (χ3n) is 5.00. The predicted octanol–water partition coefficient (Wildman–Crippen LogP) is 4.00. The molecule has 0 aliphatic carbocycles. The lowest BCUT2D eigenvalue weighted by Gasteiger charge is -2.18. The zero-order valence-electron chi connectivity index (χ0n) is 15.4. The molecular weight excluding hydrogens is 354 g/mol. The fourth-order valence-electron chi connectivity index (χ4n) is 3.50. The highest BCUT2D eigenvalue weighted by Crippen LogP contribution is 2.32. The van der Waals surface area contributed by atoms with Gasteiger partial charge in [0, 0.05) is 23.9 Å². The number of esters is 1. The maximum atomic E-state index is 12.6. The van der Waals surface area contributed by atoms with E-state index in [4.69, 9.17) is 4.74 Å². The Morgan fingerprint density at radius 1 is 0.964 bits per heavy atom. The largest absolute Gasteiger partial charge is 0.426 e. The number of benzene rings is 3. The number of hydrogen-bond acceptors (Lipinski definition) is 4. The fraction of sp³-hybridized carbons (Fsp3) is 0.174. The van der Waals surface area contributed by atoms with Crippen LogP contribution in [0.5, 0.6) is 5.75 Å². The van der Waals surface area contributed by atoms with Crippen LogP contribution in [0.15, 0.2) is 66.7 Å². The summed E-state index contributed by atoms with van der Waals surface area (Å²) in [6, 6.07) is 20.1. The number of ether oxygens (including phenoxy) is 1. The normalized spacial score (nSPS) is 16.4. The molecule has 3 aromatic rings. The lowest BCUT2D eigenvalue weighted by Crippen LogP contribution is -2.27. The molecule has 0 radical (unpaired) electrons. The van der Waals surface area contributed by atoms with Crippen molar-refractivity contribution >= 4 is 34.1 Å². The highest BCUT2D eigenvalue weighted by atomic mass is 16.5. The summed E-state index contributed by atoms with van der Waals surface area (Å²) in [6.07, 6.45) is 0.119. The van der Waals surface area contributed by atoms with Crippen LogP contribution in [0.25, 0.3) is 10.8 Å². The third kappa shape index (κ3) is 3.39. The standard InChI is InChI=1S/C23H19NO4/c1-15(25)16-9-11-19(12-10-16)28-23(27)18-13-22(26)24(14-18)21-8-4-6-17-5-2-3-7-20(17)21/h2-12,18H,13-14H2,1H3/t18-/m1/s1. The van der Waals surface area contributed by atoms with Crippen LogP contribution in [0.1, 0.15) is 23.7 Å². The van der Waals surface area contributed by atoms with Gasteiger partial charge in [-0.3, -0.25) is 14.4 Å². The van der Waals surface area contributed by atoms with Crippen LogP contribution in [0.3, 0.4) is 0 Å². The number of nitrogens with zero attached hydrogens (tertiary/aromatic N) is 1. The number of carbonyl (C=O) groups excluding carboxylic acids is 3. The van der Waals surface area contributed by atoms with Crippen LogP contribution in [0.2, 0.25) is 0 Å². The predicted molar refractivity (Wildman–Crippen MR) is 106 cm³/mol. The molecule has 1 heterocycles. The van der Waals surface area contributed by atoms with Gasteiger partial charge in [0.25, 0.3) is 0 Å². The summed E-state index contributed by atoms with van der Waals surface area (Å²) in [6.45, 7) is 1.77. The monoisotopic (exact) mass is 373 g/mol. The second-order valence-corrected chi connectivity index (χ2v) is 6.91. The summed E-state index contributed by atoms with van der Waals surface area (Å²) >= 11 is 0. The topological polar surface area (TPSA) is 63.7 Å². The average Bonchev–Trinajstić information content (AvgIpc) is 3.09. The summed E-state index contributed by atoms with van der Waals surface area (Å²) < 4.78 is 5.42. The molecule has 1 saturated heterocycles. The summed E-state index contributed by atoms with van der Waals surface area (Å²) in [5.74, 6) is -0.744. The number of rotatable bonds is 4. The van der Waals surface area contributed by atoms with Crippen molar-refractivity contribution in [1.29, 1.82) is 0 Å². The van der Waals surface area contributed by atoms with Gasteiger partial charge in [0.2, 0.25) is 5.91 Å². The first kappa shape index (κ1) is 17.9. The molecule has 1 atom stereocenters. The molecule has 5 heteroatoms. The maximum absolute atomic E-state index is 12.6. The van der Waals surface area contributed by atoms with E-state index in [9.17, 15) is 14.4 Å². The molecule has 1 amide bonds. The molecule has 28 heavy (non-hydrogen) atoms. The van der Waals surface area contributed by atoms with Crippen molar-refractivity contribution in [2.45, 2.75) is 13.3 Å². The van der Waals surface area contributed by atoms with Crippen molar-refractivity contribution in [3.63, 3.8) is 0 Å². The fourth-order valence-corrected chi connectivity index (χ4v) is 3.50. The van der Waals surface area contributed by atoms with Crippen LogP contribution in [0.4, 0.5) is 5.69 Å². The summed E-state index contributed by atoms with van der Waals surface area (Å²) in [7, 11) is 0. The molecule has 0 saturated carbocycles. The Morgan fingerprint density at radius 3 is 2.43 bits per heavy atom. The number of Topliss-reactive ketones (excluding diaryl/α,β-unsaturated/α-hetero) is 1. The minimum absolute atomic E-state index is 0.0509. The van der Waals surface area contributed by atoms with Gasteiger partial charge in [-0.1, -0.05) is 36.4 Å². The molecule has 0 unspecified atom stereocenters. The number of ketones is 1. The van der Waals surface area contributed by atoms with E-state index in [1.807, 2.05) is 42.5 Å². The van der Waals surface area contributed by atoms with Crippen LogP contribution in [-0.2, 0) is 9.59 Å². The Morgan fingerprint density at radius 2 is 1.68 bits per heavy atom. The van der Waals surface area contributed by atoms with Crippen molar-refractivity contribution in [2.24, 2.45) is 5.92 Å². The van der Waals surface area contributed by atoms with Gasteiger partial charge in [-0.05, 0) is 42.6 Å². The Kier molecular flexibility index (Phi) is 4.65. The average molecular weight is 373 g/mol. The van der Waals surface area contributed by atoms with Gasteiger partial charge in [-0.2, -0.15) is 0 Å². The molecule has 0 spiro atoms. The summed E-state index contributed by atoms with van der Waals surface area (Å²) in [5, 5.41) is 2.02. The van der Waals surface area contributed by atoms with Crippen molar-refractivity contribution in [3.8, 4) is 5.75 Å². The number of hydrogen-bond donors (Lipinski definition) is 0. The van der Waals surface area contributed by atoms with E-state index in [-0.39, 0.29) is 24.7 Å². The van der Waals surface area contributed by atoms with Gasteiger partial charge in [-0.25, -0.2) is 0 Å². The molecular formula is C23H19NO4. The third-order valence-corrected chi connectivity index (χ3v) is 5.00. The number of fused-ring (bicyclic) bond motifs is 1.